The average Bonchev–Trinajstić information content (AvgIpc) is 2.86. The minimum atomic E-state index is -2.76. The number of hydrogen-bond donors (Lipinski definition) is 0. The second-order valence-corrected chi connectivity index (χ2v) is 14.0. The van der Waals surface area contributed by atoms with Crippen LogP contribution in [0.1, 0.15) is 43.6 Å². The highest BCUT2D eigenvalue weighted by atomic mass is 127. The van der Waals surface area contributed by atoms with Gasteiger partial charge in [-0.1, -0.05) is 117 Å². The van der Waals surface area contributed by atoms with E-state index in [1.54, 1.807) is 6.07 Å². The third-order valence-corrected chi connectivity index (χ3v) is 11.1. The van der Waals surface area contributed by atoms with Crippen molar-refractivity contribution in [2.75, 3.05) is 0 Å². The van der Waals surface area contributed by atoms with Crippen LogP contribution < -0.4 is 10.4 Å². The summed E-state index contributed by atoms with van der Waals surface area (Å²) in [6.07, 6.45) is 2.38. The van der Waals surface area contributed by atoms with Crippen molar-refractivity contribution in [1.29, 1.82) is 0 Å². The first kappa shape index (κ1) is 26.7. The molecule has 0 heterocycles. The molecule has 3 rings (SSSR count). The Bertz CT molecular complexity index is 1260. The van der Waals surface area contributed by atoms with Crippen LogP contribution in [0.25, 0.3) is 0 Å². The van der Waals surface area contributed by atoms with Crippen LogP contribution in [0.4, 0.5) is 0 Å². The Morgan fingerprint density at radius 1 is 0.914 bits per heavy atom. The zero-order chi connectivity index (χ0) is 25.3. The van der Waals surface area contributed by atoms with Crippen molar-refractivity contribution in [3.63, 3.8) is 0 Å². The highest BCUT2D eigenvalue weighted by Crippen LogP contribution is 2.37. The number of rotatable bonds is 6. The number of benzene rings is 3. The quantitative estimate of drug-likeness (QED) is 0.150. The van der Waals surface area contributed by atoms with Gasteiger partial charge >= 0.3 is 0 Å². The molecule has 0 amide bonds. The van der Waals surface area contributed by atoms with Gasteiger partial charge in [0.2, 0.25) is 0 Å². The molecule has 1 atom stereocenters. The Hall–Kier alpha value is -2.90. The molecule has 3 aromatic rings. The van der Waals surface area contributed by atoms with Crippen molar-refractivity contribution in [1.82, 2.24) is 0 Å². The van der Waals surface area contributed by atoms with Crippen LogP contribution in [0.2, 0.25) is 5.04 Å². The van der Waals surface area contributed by atoms with Crippen molar-refractivity contribution in [2.45, 2.75) is 38.8 Å². The highest BCUT2D eigenvalue weighted by molar-refractivity contribution is 14.1. The van der Waals surface area contributed by atoms with Crippen LogP contribution in [0.15, 0.2) is 96.6 Å². The average molecular weight is 589 g/mol. The maximum atomic E-state index is 11.3. The lowest BCUT2D eigenvalue weighted by Gasteiger charge is -2.44. The molecule has 0 aliphatic heterocycles. The molecular weight excluding hydrogens is 559 g/mol. The molecule has 176 valence electrons. The summed E-state index contributed by atoms with van der Waals surface area (Å²) in [4.78, 5) is 11.3. The second-order valence-electron chi connectivity index (χ2n) is 9.25. The summed E-state index contributed by atoms with van der Waals surface area (Å²) in [7, 11) is -2.76. The zero-order valence-corrected chi connectivity index (χ0v) is 23.7. The first-order valence-electron chi connectivity index (χ1n) is 11.5. The predicted octanol–water partition coefficient (Wildman–Crippen LogP) is 6.14. The van der Waals surface area contributed by atoms with Gasteiger partial charge in [0.25, 0.3) is 8.32 Å². The molecule has 3 aromatic carbocycles. The molecule has 0 saturated carbocycles. The molecule has 0 aromatic heterocycles. The summed E-state index contributed by atoms with van der Waals surface area (Å²) < 4.78 is 10.2. The standard InChI is InChI=1S/C31H29IO2Si/c1-25(19-20-26-13-11-12-14-27(26)24-33)23-28(21-22-32)34-35(31(2,3)4,29-15-7-5-8-16-29)30-17-9-6-10-18-30/h5-18,23-24,28H,1-4H3/b25-23+. The monoisotopic (exact) mass is 588 g/mol. The van der Waals surface area contributed by atoms with Crippen LogP contribution in [0.5, 0.6) is 0 Å². The molecule has 0 bridgehead atoms. The van der Waals surface area contributed by atoms with Gasteiger partial charge in [0.1, 0.15) is 6.10 Å². The molecule has 0 N–H and O–H groups in total. The van der Waals surface area contributed by atoms with Crippen molar-refractivity contribution < 1.29 is 9.22 Å². The van der Waals surface area contributed by atoms with Gasteiger partial charge in [-0.25, -0.2) is 0 Å². The van der Waals surface area contributed by atoms with Crippen LogP contribution in [-0.2, 0) is 4.43 Å². The second kappa shape index (κ2) is 12.2. The highest BCUT2D eigenvalue weighted by Gasteiger charge is 2.51. The van der Waals surface area contributed by atoms with Crippen molar-refractivity contribution in [3.05, 3.63) is 108 Å². The van der Waals surface area contributed by atoms with Gasteiger partial charge in [-0.3, -0.25) is 4.79 Å². The number of carbonyl (C=O) groups is 1. The molecule has 0 radical (unpaired) electrons. The first-order valence-corrected chi connectivity index (χ1v) is 14.4. The number of aldehydes is 1. The van der Waals surface area contributed by atoms with E-state index in [2.05, 4.69) is 114 Å². The molecule has 0 fully saturated rings. The maximum Gasteiger partial charge on any atom is 0.263 e. The Kier molecular flexibility index (Phi) is 9.29. The zero-order valence-electron chi connectivity index (χ0n) is 20.5. The van der Waals surface area contributed by atoms with E-state index < -0.39 is 14.4 Å². The van der Waals surface area contributed by atoms with Gasteiger partial charge in [0, 0.05) is 33.7 Å². The summed E-state index contributed by atoms with van der Waals surface area (Å²) in [5.74, 6) is 9.56. The number of carbonyl (C=O) groups excluding carboxylic acids is 1. The summed E-state index contributed by atoms with van der Waals surface area (Å²) in [6, 6.07) is 28.4. The van der Waals surface area contributed by atoms with E-state index in [-0.39, 0.29) is 5.04 Å². The van der Waals surface area contributed by atoms with E-state index in [1.807, 2.05) is 43.3 Å². The lowest BCUT2D eigenvalue weighted by atomic mass is 10.1. The molecule has 1 unspecified atom stereocenters. The lowest BCUT2D eigenvalue weighted by Crippen LogP contribution is -2.67. The third-order valence-electron chi connectivity index (χ3n) is 5.80. The SMILES string of the molecule is C/C(C#Cc1ccccc1C=O)=C\C(C#CI)O[Si](c1ccccc1)(c1ccccc1)C(C)(C)C. The molecule has 35 heavy (non-hydrogen) atoms. The molecule has 0 aliphatic carbocycles. The fraction of sp³-hybridized carbons (Fsp3) is 0.194. The minimum absolute atomic E-state index is 0.156. The Morgan fingerprint density at radius 3 is 1.97 bits per heavy atom. The smallest absolute Gasteiger partial charge is 0.263 e. The summed E-state index contributed by atoms with van der Waals surface area (Å²) >= 11 is 2.06. The van der Waals surface area contributed by atoms with Crippen molar-refractivity contribution in [2.24, 2.45) is 0 Å². The molecule has 0 spiro atoms. The summed E-state index contributed by atoms with van der Waals surface area (Å²) in [6.45, 7) is 8.70. The van der Waals surface area contributed by atoms with E-state index in [4.69, 9.17) is 4.43 Å². The summed E-state index contributed by atoms with van der Waals surface area (Å²) in [5.41, 5.74) is 2.13. The number of allylic oxidation sites excluding steroid dienone is 1. The van der Waals surface area contributed by atoms with E-state index in [0.29, 0.717) is 11.1 Å². The predicted molar refractivity (Wildman–Crippen MR) is 157 cm³/mol. The van der Waals surface area contributed by atoms with E-state index in [1.165, 1.54) is 10.4 Å². The number of halogens is 1. The topological polar surface area (TPSA) is 26.3 Å². The van der Waals surface area contributed by atoms with Crippen LogP contribution in [0.3, 0.4) is 0 Å². The van der Waals surface area contributed by atoms with Gasteiger partial charge in [-0.15, -0.1) is 0 Å². The van der Waals surface area contributed by atoms with Gasteiger partial charge in [-0.05, 0) is 44.0 Å². The largest absolute Gasteiger partial charge is 0.390 e. The molecule has 4 heteroatoms. The van der Waals surface area contributed by atoms with Gasteiger partial charge < -0.3 is 4.43 Å². The molecule has 2 nitrogen and oxygen atoms in total. The van der Waals surface area contributed by atoms with Crippen LogP contribution in [0, 0.1) is 21.7 Å². The van der Waals surface area contributed by atoms with E-state index in [0.717, 1.165) is 11.9 Å². The Labute approximate surface area is 224 Å². The lowest BCUT2D eigenvalue weighted by molar-refractivity contribution is 0.112. The van der Waals surface area contributed by atoms with Gasteiger partial charge in [-0.2, -0.15) is 0 Å². The van der Waals surface area contributed by atoms with Crippen LogP contribution in [-0.4, -0.2) is 20.7 Å². The fourth-order valence-corrected chi connectivity index (χ4v) is 9.02. The fourth-order valence-electron chi connectivity index (χ4n) is 4.19. The van der Waals surface area contributed by atoms with Crippen molar-refractivity contribution >= 4 is 47.6 Å². The van der Waals surface area contributed by atoms with Gasteiger partial charge in [0.15, 0.2) is 6.29 Å². The van der Waals surface area contributed by atoms with Gasteiger partial charge in [0.05, 0.1) is 0 Å². The van der Waals surface area contributed by atoms with Crippen LogP contribution >= 0.6 is 22.6 Å². The Morgan fingerprint density at radius 2 is 1.46 bits per heavy atom. The van der Waals surface area contributed by atoms with E-state index in [9.17, 15) is 4.79 Å². The normalized spacial score (nSPS) is 12.5. The van der Waals surface area contributed by atoms with E-state index >= 15 is 0 Å². The summed E-state index contributed by atoms with van der Waals surface area (Å²) in [5, 5.41) is 2.25. The minimum Gasteiger partial charge on any atom is -0.390 e. The van der Waals surface area contributed by atoms with Crippen molar-refractivity contribution in [3.8, 4) is 21.7 Å². The number of hydrogen-bond acceptors (Lipinski definition) is 2. The Balaban J connectivity index is 2.10. The maximum absolute atomic E-state index is 11.3. The third kappa shape index (κ3) is 6.41. The molecular formula is C31H29IO2Si. The first-order chi connectivity index (χ1) is 16.8. The molecule has 0 aliphatic rings. The molecule has 0 saturated heterocycles.